The number of aromatic nitrogens is 2. The van der Waals surface area contributed by atoms with Gasteiger partial charge in [-0.05, 0) is 18.6 Å². The first-order valence-corrected chi connectivity index (χ1v) is 6.94. The van der Waals surface area contributed by atoms with E-state index in [2.05, 4.69) is 17.3 Å². The number of nitrogens with zero attached hydrogens (tertiary/aromatic N) is 2. The van der Waals surface area contributed by atoms with Crippen LogP contribution in [0.2, 0.25) is 0 Å². The molecule has 0 radical (unpaired) electrons. The van der Waals surface area contributed by atoms with Crippen molar-refractivity contribution in [2.24, 2.45) is 0 Å². The highest BCUT2D eigenvalue weighted by Crippen LogP contribution is 2.08. The van der Waals surface area contributed by atoms with Crippen LogP contribution in [0.3, 0.4) is 0 Å². The molecule has 1 heterocycles. The summed E-state index contributed by atoms with van der Waals surface area (Å²) in [7, 11) is 0. The van der Waals surface area contributed by atoms with Crippen LogP contribution in [0.25, 0.3) is 10.9 Å². The second-order valence-corrected chi connectivity index (χ2v) is 4.70. The monoisotopic (exact) mass is 273 g/mol. The molecule has 2 rings (SSSR count). The van der Waals surface area contributed by atoms with Crippen molar-refractivity contribution in [3.63, 3.8) is 0 Å². The summed E-state index contributed by atoms with van der Waals surface area (Å²) in [6, 6.07) is 7.31. The van der Waals surface area contributed by atoms with Crippen molar-refractivity contribution in [1.82, 2.24) is 15.1 Å². The van der Waals surface area contributed by atoms with Gasteiger partial charge < -0.3 is 5.32 Å². The Morgan fingerprint density at radius 3 is 2.95 bits per heavy atom. The molecule has 1 aromatic heterocycles. The summed E-state index contributed by atoms with van der Waals surface area (Å²) >= 11 is 0. The molecule has 1 N–H and O–H groups in total. The Bertz CT molecular complexity index is 649. The maximum absolute atomic E-state index is 11.7. The summed E-state index contributed by atoms with van der Waals surface area (Å²) in [5.41, 5.74) is 0.672. The molecule has 1 amide bonds. The van der Waals surface area contributed by atoms with Crippen molar-refractivity contribution >= 4 is 16.8 Å². The Balaban J connectivity index is 2.05. The number of para-hydroxylation sites is 1. The zero-order valence-corrected chi connectivity index (χ0v) is 11.6. The summed E-state index contributed by atoms with van der Waals surface area (Å²) in [6.07, 6.45) is 3.72. The van der Waals surface area contributed by atoms with Crippen LogP contribution in [0.15, 0.2) is 35.3 Å². The fourth-order valence-corrected chi connectivity index (χ4v) is 2.04. The average molecular weight is 273 g/mol. The molecule has 5 heteroatoms. The lowest BCUT2D eigenvalue weighted by Gasteiger charge is -2.09. The normalized spacial score (nSPS) is 10.7. The number of aryl methyl sites for hydroxylation is 1. The predicted octanol–water partition coefficient (Wildman–Crippen LogP) is 1.70. The van der Waals surface area contributed by atoms with E-state index in [4.69, 9.17) is 0 Å². The number of nitrogens with one attached hydrogen (secondary N) is 1. The lowest BCUT2D eigenvalue weighted by molar-refractivity contribution is -0.121. The molecule has 0 fully saturated rings. The molecule has 5 nitrogen and oxygen atoms in total. The highest BCUT2D eigenvalue weighted by Gasteiger charge is 2.05. The van der Waals surface area contributed by atoms with Gasteiger partial charge in [0.1, 0.15) is 0 Å². The Labute approximate surface area is 117 Å². The average Bonchev–Trinajstić information content (AvgIpc) is 2.47. The first-order valence-electron chi connectivity index (χ1n) is 6.94. The van der Waals surface area contributed by atoms with Gasteiger partial charge in [0.15, 0.2) is 0 Å². The van der Waals surface area contributed by atoms with Crippen LogP contribution in [0, 0.1) is 0 Å². The Kier molecular flexibility index (Phi) is 4.87. The Morgan fingerprint density at radius 1 is 1.35 bits per heavy atom. The third-order valence-corrected chi connectivity index (χ3v) is 3.17. The summed E-state index contributed by atoms with van der Waals surface area (Å²) in [5.74, 6) is 0.0167. The fraction of sp³-hybridized carbons (Fsp3) is 0.400. The lowest BCUT2D eigenvalue weighted by Crippen LogP contribution is -2.26. The van der Waals surface area contributed by atoms with Crippen LogP contribution < -0.4 is 10.7 Å². The summed E-state index contributed by atoms with van der Waals surface area (Å²) < 4.78 is 1.70. The van der Waals surface area contributed by atoms with Gasteiger partial charge in [0.2, 0.25) is 11.3 Å². The third kappa shape index (κ3) is 3.44. The SMILES string of the molecule is CCCCNC(=O)CCn1ncc(=O)c2ccccc21. The topological polar surface area (TPSA) is 64.0 Å². The first kappa shape index (κ1) is 14.2. The number of rotatable bonds is 6. The van der Waals surface area contributed by atoms with Gasteiger partial charge in [0.05, 0.1) is 18.3 Å². The third-order valence-electron chi connectivity index (χ3n) is 3.17. The molecule has 0 spiro atoms. The maximum atomic E-state index is 11.7. The van der Waals surface area contributed by atoms with Gasteiger partial charge in [-0.25, -0.2) is 0 Å². The summed E-state index contributed by atoms with van der Waals surface area (Å²) in [4.78, 5) is 23.4. The van der Waals surface area contributed by atoms with Gasteiger partial charge in [-0.1, -0.05) is 25.5 Å². The molecule has 0 aliphatic rings. The molecule has 1 aromatic carbocycles. The predicted molar refractivity (Wildman–Crippen MR) is 78.5 cm³/mol. The van der Waals surface area contributed by atoms with E-state index in [0.29, 0.717) is 24.9 Å². The second kappa shape index (κ2) is 6.84. The van der Waals surface area contributed by atoms with E-state index < -0.39 is 0 Å². The molecule has 0 unspecified atom stereocenters. The largest absolute Gasteiger partial charge is 0.356 e. The van der Waals surface area contributed by atoms with Crippen LogP contribution in [0.4, 0.5) is 0 Å². The van der Waals surface area contributed by atoms with E-state index in [-0.39, 0.29) is 11.3 Å². The number of unbranched alkanes of at least 4 members (excludes halogenated alkanes) is 1. The number of fused-ring (bicyclic) bond motifs is 1. The molecule has 0 aliphatic carbocycles. The lowest BCUT2D eigenvalue weighted by atomic mass is 10.2. The van der Waals surface area contributed by atoms with Gasteiger partial charge in [0.25, 0.3) is 0 Å². The molecule has 2 aromatic rings. The molecule has 0 saturated heterocycles. The first-order chi connectivity index (χ1) is 9.72. The minimum atomic E-state index is -0.0933. The van der Waals surface area contributed by atoms with Crippen molar-refractivity contribution in [2.45, 2.75) is 32.7 Å². The maximum Gasteiger partial charge on any atom is 0.221 e. The number of carbonyl (C=O) groups is 1. The van der Waals surface area contributed by atoms with Crippen molar-refractivity contribution < 1.29 is 4.79 Å². The molecular weight excluding hydrogens is 254 g/mol. The second-order valence-electron chi connectivity index (χ2n) is 4.70. The summed E-state index contributed by atoms with van der Waals surface area (Å²) in [5, 5.41) is 7.60. The Hall–Kier alpha value is -2.17. The van der Waals surface area contributed by atoms with E-state index in [1.54, 1.807) is 10.7 Å². The molecule has 0 saturated carbocycles. The van der Waals surface area contributed by atoms with Crippen LogP contribution in [0.5, 0.6) is 0 Å². The molecule has 20 heavy (non-hydrogen) atoms. The molecule has 0 bridgehead atoms. The van der Waals surface area contributed by atoms with Gasteiger partial charge >= 0.3 is 0 Å². The zero-order valence-electron chi connectivity index (χ0n) is 11.6. The quantitative estimate of drug-likeness (QED) is 0.815. The van der Waals surface area contributed by atoms with Crippen molar-refractivity contribution in [3.05, 3.63) is 40.7 Å². The fourth-order valence-electron chi connectivity index (χ4n) is 2.04. The Morgan fingerprint density at radius 2 is 2.15 bits per heavy atom. The van der Waals surface area contributed by atoms with Crippen LogP contribution in [0.1, 0.15) is 26.2 Å². The number of carbonyl (C=O) groups excluding carboxylic acids is 1. The number of amides is 1. The van der Waals surface area contributed by atoms with Crippen molar-refractivity contribution in [1.29, 1.82) is 0 Å². The van der Waals surface area contributed by atoms with Crippen molar-refractivity contribution in [2.75, 3.05) is 6.54 Å². The van der Waals surface area contributed by atoms with E-state index in [1.165, 1.54) is 6.20 Å². The van der Waals surface area contributed by atoms with E-state index in [9.17, 15) is 9.59 Å². The highest BCUT2D eigenvalue weighted by molar-refractivity contribution is 5.78. The number of benzene rings is 1. The van der Waals surface area contributed by atoms with Gasteiger partial charge in [-0.3, -0.25) is 14.3 Å². The van der Waals surface area contributed by atoms with Crippen molar-refractivity contribution in [3.8, 4) is 0 Å². The van der Waals surface area contributed by atoms with Gasteiger partial charge in [-0.15, -0.1) is 0 Å². The molecular formula is C15H19N3O2. The minimum Gasteiger partial charge on any atom is -0.356 e. The smallest absolute Gasteiger partial charge is 0.221 e. The number of hydrogen-bond acceptors (Lipinski definition) is 3. The van der Waals surface area contributed by atoms with E-state index in [1.807, 2.05) is 18.2 Å². The molecule has 0 aliphatic heterocycles. The van der Waals surface area contributed by atoms with Crippen LogP contribution in [-0.4, -0.2) is 22.2 Å². The molecule has 106 valence electrons. The highest BCUT2D eigenvalue weighted by atomic mass is 16.1. The van der Waals surface area contributed by atoms with E-state index >= 15 is 0 Å². The van der Waals surface area contributed by atoms with Gasteiger partial charge in [-0.2, -0.15) is 5.10 Å². The van der Waals surface area contributed by atoms with Crippen LogP contribution >= 0.6 is 0 Å². The van der Waals surface area contributed by atoms with E-state index in [0.717, 1.165) is 18.4 Å². The van der Waals surface area contributed by atoms with Gasteiger partial charge in [0, 0.05) is 18.4 Å². The zero-order chi connectivity index (χ0) is 14.4. The number of hydrogen-bond donors (Lipinski definition) is 1. The van der Waals surface area contributed by atoms with Crippen LogP contribution in [-0.2, 0) is 11.3 Å². The summed E-state index contributed by atoms with van der Waals surface area (Å²) in [6.45, 7) is 3.27. The molecule has 0 atom stereocenters. The standard InChI is InChI=1S/C15H19N3O2/c1-2-3-9-16-15(20)8-10-18-13-7-5-4-6-12(13)14(19)11-17-18/h4-7,11H,2-3,8-10H2,1H3,(H,16,20). The minimum absolute atomic E-state index is 0.0167.